The van der Waals surface area contributed by atoms with E-state index in [0.717, 1.165) is 6.07 Å². The topological polar surface area (TPSA) is 55.5 Å². The molecular formula is C12H17F2NO2. The molecule has 0 aliphatic carbocycles. The molecule has 17 heavy (non-hydrogen) atoms. The van der Waals surface area contributed by atoms with Gasteiger partial charge in [-0.15, -0.1) is 0 Å². The third-order valence-electron chi connectivity index (χ3n) is 2.53. The lowest BCUT2D eigenvalue weighted by Crippen LogP contribution is -2.28. The molecule has 3 atom stereocenters. The Bertz CT molecular complexity index is 351. The average Bonchev–Trinajstić information content (AvgIpc) is 2.23. The first-order chi connectivity index (χ1) is 7.93. The van der Waals surface area contributed by atoms with E-state index in [1.807, 2.05) is 0 Å². The van der Waals surface area contributed by atoms with Gasteiger partial charge in [0, 0.05) is 12.6 Å². The highest BCUT2D eigenvalue weighted by Crippen LogP contribution is 2.21. The van der Waals surface area contributed by atoms with Crippen molar-refractivity contribution >= 4 is 0 Å². The molecule has 0 aliphatic heterocycles. The summed E-state index contributed by atoms with van der Waals surface area (Å²) in [5.41, 5.74) is 5.83. The summed E-state index contributed by atoms with van der Waals surface area (Å²) in [6.45, 7) is 3.33. The van der Waals surface area contributed by atoms with Crippen molar-refractivity contribution < 1.29 is 18.6 Å². The standard InChI is InChI=1S/C12H17F2NO2/c1-7(16)8(2)17-12(6-15)9-3-10(13)5-11(14)4-9/h3-5,7-8,12,16H,6,15H2,1-2H3. The lowest BCUT2D eigenvalue weighted by molar-refractivity contribution is -0.0593. The summed E-state index contributed by atoms with van der Waals surface area (Å²) in [6.07, 6.45) is -1.78. The summed E-state index contributed by atoms with van der Waals surface area (Å²) in [5.74, 6) is -1.35. The van der Waals surface area contributed by atoms with Crippen molar-refractivity contribution in [3.63, 3.8) is 0 Å². The summed E-state index contributed by atoms with van der Waals surface area (Å²) in [4.78, 5) is 0. The van der Waals surface area contributed by atoms with Gasteiger partial charge in [0.1, 0.15) is 11.6 Å². The highest BCUT2D eigenvalue weighted by Gasteiger charge is 2.18. The quantitative estimate of drug-likeness (QED) is 0.831. The molecule has 96 valence electrons. The molecular weight excluding hydrogens is 228 g/mol. The Morgan fingerprint density at radius 2 is 1.76 bits per heavy atom. The van der Waals surface area contributed by atoms with Crippen LogP contribution in [0.5, 0.6) is 0 Å². The Labute approximate surface area is 99.2 Å². The van der Waals surface area contributed by atoms with Gasteiger partial charge < -0.3 is 15.6 Å². The van der Waals surface area contributed by atoms with Crippen molar-refractivity contribution in [3.8, 4) is 0 Å². The fourth-order valence-corrected chi connectivity index (χ4v) is 1.40. The molecule has 1 rings (SSSR count). The van der Waals surface area contributed by atoms with Gasteiger partial charge in [0.25, 0.3) is 0 Å². The van der Waals surface area contributed by atoms with Crippen LogP contribution in [0.25, 0.3) is 0 Å². The van der Waals surface area contributed by atoms with Crippen molar-refractivity contribution in [1.82, 2.24) is 0 Å². The summed E-state index contributed by atoms with van der Waals surface area (Å²) in [5, 5.41) is 9.31. The van der Waals surface area contributed by atoms with Crippen LogP contribution in [-0.4, -0.2) is 23.9 Å². The van der Waals surface area contributed by atoms with Gasteiger partial charge in [-0.1, -0.05) is 0 Å². The fraction of sp³-hybridized carbons (Fsp3) is 0.500. The number of ether oxygens (including phenoxy) is 1. The number of aliphatic hydroxyl groups excluding tert-OH is 1. The van der Waals surface area contributed by atoms with E-state index in [1.54, 1.807) is 13.8 Å². The molecule has 1 aromatic rings. The predicted molar refractivity (Wildman–Crippen MR) is 60.4 cm³/mol. The average molecular weight is 245 g/mol. The second-order valence-corrected chi connectivity index (χ2v) is 4.01. The monoisotopic (exact) mass is 245 g/mol. The van der Waals surface area contributed by atoms with Crippen molar-refractivity contribution in [1.29, 1.82) is 0 Å². The Kier molecular flexibility index (Phi) is 4.99. The smallest absolute Gasteiger partial charge is 0.126 e. The molecule has 0 heterocycles. The molecule has 0 fully saturated rings. The zero-order valence-electron chi connectivity index (χ0n) is 9.86. The second kappa shape index (κ2) is 6.05. The number of nitrogens with two attached hydrogens (primary N) is 1. The van der Waals surface area contributed by atoms with Crippen LogP contribution in [0.2, 0.25) is 0 Å². The van der Waals surface area contributed by atoms with E-state index in [9.17, 15) is 13.9 Å². The fourth-order valence-electron chi connectivity index (χ4n) is 1.40. The molecule has 0 aliphatic rings. The van der Waals surface area contributed by atoms with E-state index in [4.69, 9.17) is 10.5 Å². The Balaban J connectivity index is 2.86. The lowest BCUT2D eigenvalue weighted by atomic mass is 10.1. The number of halogens is 2. The van der Waals surface area contributed by atoms with Crippen molar-refractivity contribution in [3.05, 3.63) is 35.4 Å². The Hall–Kier alpha value is -1.04. The van der Waals surface area contributed by atoms with Crippen LogP contribution >= 0.6 is 0 Å². The Morgan fingerprint density at radius 1 is 1.24 bits per heavy atom. The molecule has 3 N–H and O–H groups in total. The maximum atomic E-state index is 13.0. The molecule has 0 saturated heterocycles. The van der Waals surface area contributed by atoms with Gasteiger partial charge in [-0.25, -0.2) is 8.78 Å². The first-order valence-electron chi connectivity index (χ1n) is 5.43. The van der Waals surface area contributed by atoms with Crippen LogP contribution in [0.4, 0.5) is 8.78 Å². The van der Waals surface area contributed by atoms with E-state index in [2.05, 4.69) is 0 Å². The SMILES string of the molecule is CC(O)C(C)OC(CN)c1cc(F)cc(F)c1. The first kappa shape index (κ1) is 14.0. The van der Waals surface area contributed by atoms with Gasteiger partial charge in [-0.3, -0.25) is 0 Å². The summed E-state index contributed by atoms with van der Waals surface area (Å²) in [6, 6.07) is 3.14. The highest BCUT2D eigenvalue weighted by atomic mass is 19.1. The van der Waals surface area contributed by atoms with E-state index in [1.165, 1.54) is 12.1 Å². The van der Waals surface area contributed by atoms with Crippen LogP contribution in [0, 0.1) is 11.6 Å². The molecule has 0 saturated carbocycles. The maximum absolute atomic E-state index is 13.0. The summed E-state index contributed by atoms with van der Waals surface area (Å²) < 4.78 is 31.5. The molecule has 0 radical (unpaired) electrons. The number of aliphatic hydroxyl groups is 1. The maximum Gasteiger partial charge on any atom is 0.126 e. The number of hydrogen-bond acceptors (Lipinski definition) is 3. The minimum Gasteiger partial charge on any atom is -0.391 e. The lowest BCUT2D eigenvalue weighted by Gasteiger charge is -2.23. The molecule has 1 aromatic carbocycles. The van der Waals surface area contributed by atoms with Crippen molar-refractivity contribution in [2.45, 2.75) is 32.2 Å². The zero-order valence-corrected chi connectivity index (χ0v) is 9.86. The number of hydrogen-bond donors (Lipinski definition) is 2. The van der Waals surface area contributed by atoms with Crippen LogP contribution in [0.15, 0.2) is 18.2 Å². The second-order valence-electron chi connectivity index (χ2n) is 4.01. The number of benzene rings is 1. The molecule has 3 unspecified atom stereocenters. The van der Waals surface area contributed by atoms with Crippen molar-refractivity contribution in [2.75, 3.05) is 6.54 Å². The van der Waals surface area contributed by atoms with Gasteiger partial charge in [0.15, 0.2) is 0 Å². The van der Waals surface area contributed by atoms with Crippen LogP contribution in [0.1, 0.15) is 25.5 Å². The largest absolute Gasteiger partial charge is 0.391 e. The zero-order chi connectivity index (χ0) is 13.0. The highest BCUT2D eigenvalue weighted by molar-refractivity contribution is 5.20. The third-order valence-corrected chi connectivity index (χ3v) is 2.53. The van der Waals surface area contributed by atoms with Gasteiger partial charge >= 0.3 is 0 Å². The van der Waals surface area contributed by atoms with Crippen LogP contribution in [-0.2, 0) is 4.74 Å². The minimum atomic E-state index is -0.678. The van der Waals surface area contributed by atoms with Gasteiger partial charge in [0.05, 0.1) is 18.3 Å². The van der Waals surface area contributed by atoms with Gasteiger partial charge in [-0.2, -0.15) is 0 Å². The van der Waals surface area contributed by atoms with Crippen molar-refractivity contribution in [2.24, 2.45) is 5.73 Å². The van der Waals surface area contributed by atoms with E-state index in [0.29, 0.717) is 5.56 Å². The predicted octanol–water partition coefficient (Wildman–Crippen LogP) is 1.75. The van der Waals surface area contributed by atoms with Crippen LogP contribution in [0.3, 0.4) is 0 Å². The van der Waals surface area contributed by atoms with Gasteiger partial charge in [-0.05, 0) is 31.5 Å². The Morgan fingerprint density at radius 3 is 2.18 bits per heavy atom. The summed E-state index contributed by atoms with van der Waals surface area (Å²) >= 11 is 0. The van der Waals surface area contributed by atoms with E-state index < -0.39 is 29.9 Å². The molecule has 0 amide bonds. The van der Waals surface area contributed by atoms with Gasteiger partial charge in [0.2, 0.25) is 0 Å². The molecule has 5 heteroatoms. The van der Waals surface area contributed by atoms with E-state index >= 15 is 0 Å². The molecule has 3 nitrogen and oxygen atoms in total. The third kappa shape index (κ3) is 4.03. The normalized spacial score (nSPS) is 16.6. The summed E-state index contributed by atoms with van der Waals surface area (Å²) in [7, 11) is 0. The molecule has 0 spiro atoms. The van der Waals surface area contributed by atoms with Crippen LogP contribution < -0.4 is 5.73 Å². The molecule has 0 bridgehead atoms. The molecule has 0 aromatic heterocycles. The number of rotatable bonds is 5. The van der Waals surface area contributed by atoms with E-state index in [-0.39, 0.29) is 6.54 Å². The minimum absolute atomic E-state index is 0.0833. The first-order valence-corrected chi connectivity index (χ1v) is 5.43.